The Kier molecular flexibility index (Phi) is 3.06. The van der Waals surface area contributed by atoms with Crippen LogP contribution in [0.3, 0.4) is 0 Å². The number of nitrogens with two attached hydrogens (primary N) is 1. The van der Waals surface area contributed by atoms with E-state index in [0.29, 0.717) is 22.5 Å². The summed E-state index contributed by atoms with van der Waals surface area (Å²) >= 11 is 0. The summed E-state index contributed by atoms with van der Waals surface area (Å²) in [6.45, 7) is 0. The second-order valence-electron chi connectivity index (χ2n) is 4.65. The third-order valence-electron chi connectivity index (χ3n) is 3.20. The van der Waals surface area contributed by atoms with Gasteiger partial charge in [-0.05, 0) is 23.8 Å². The van der Waals surface area contributed by atoms with Crippen LogP contribution in [0.5, 0.6) is 0 Å². The highest BCUT2D eigenvalue weighted by molar-refractivity contribution is 5.86. The third-order valence-corrected chi connectivity index (χ3v) is 3.20. The Morgan fingerprint density at radius 3 is 2.76 bits per heavy atom. The second kappa shape index (κ2) is 4.90. The molecule has 0 saturated carbocycles. The van der Waals surface area contributed by atoms with Crippen molar-refractivity contribution in [1.82, 2.24) is 9.72 Å². The lowest BCUT2D eigenvalue weighted by Crippen LogP contribution is -2.14. The van der Waals surface area contributed by atoms with Gasteiger partial charge in [-0.25, -0.2) is 4.39 Å². The average Bonchev–Trinajstić information content (AvgIpc) is 2.84. The Morgan fingerprint density at radius 1 is 1.24 bits per heavy atom. The molecule has 0 spiro atoms. The molecule has 0 unspecified atom stereocenters. The molecular formula is C15H12FN3O2. The molecule has 0 saturated heterocycles. The van der Waals surface area contributed by atoms with Gasteiger partial charge in [0.25, 0.3) is 5.56 Å². The van der Waals surface area contributed by atoms with Gasteiger partial charge >= 0.3 is 0 Å². The molecule has 3 rings (SSSR count). The fourth-order valence-corrected chi connectivity index (χ4v) is 2.11. The van der Waals surface area contributed by atoms with Gasteiger partial charge in [-0.2, -0.15) is 0 Å². The smallest absolute Gasteiger partial charge is 0.250 e. The van der Waals surface area contributed by atoms with E-state index in [1.807, 2.05) is 0 Å². The molecule has 0 bridgehead atoms. The first-order valence-corrected chi connectivity index (χ1v) is 6.24. The van der Waals surface area contributed by atoms with E-state index in [2.05, 4.69) is 5.16 Å². The fourth-order valence-electron chi connectivity index (χ4n) is 2.11. The summed E-state index contributed by atoms with van der Waals surface area (Å²) in [5.74, 6) is 0.107. The van der Waals surface area contributed by atoms with Gasteiger partial charge in [0.1, 0.15) is 5.82 Å². The zero-order valence-corrected chi connectivity index (χ0v) is 11.2. The number of aromatic nitrogens is 2. The summed E-state index contributed by atoms with van der Waals surface area (Å²) in [4.78, 5) is 11.7. The van der Waals surface area contributed by atoms with Crippen molar-refractivity contribution in [2.75, 3.05) is 5.73 Å². The number of rotatable bonds is 2. The van der Waals surface area contributed by atoms with Gasteiger partial charge in [-0.15, -0.1) is 0 Å². The molecule has 6 heteroatoms. The van der Waals surface area contributed by atoms with Gasteiger partial charge < -0.3 is 14.8 Å². The Bertz CT molecular complexity index is 867. The molecule has 0 aliphatic carbocycles. The molecule has 0 atom stereocenters. The Balaban J connectivity index is 2.21. The number of nitrogens with zero attached hydrogens (tertiary/aromatic N) is 2. The maximum atomic E-state index is 13.4. The van der Waals surface area contributed by atoms with Gasteiger partial charge in [-0.1, -0.05) is 17.3 Å². The lowest BCUT2D eigenvalue weighted by Gasteiger charge is -2.04. The number of pyridine rings is 1. The standard InChI is InChI=1S/C15H12FN3O2/c1-19-6-5-10(8-12(19)20)14-13(15(17)18-21-14)9-3-2-4-11(16)7-9/h2-8H,1H3,(H2,17,18). The van der Waals surface area contributed by atoms with Crippen molar-refractivity contribution in [2.24, 2.45) is 7.05 Å². The van der Waals surface area contributed by atoms with Crippen LogP contribution in [0, 0.1) is 5.82 Å². The summed E-state index contributed by atoms with van der Waals surface area (Å²) < 4.78 is 20.1. The van der Waals surface area contributed by atoms with Crippen molar-refractivity contribution in [3.05, 3.63) is 58.8 Å². The number of anilines is 1. The second-order valence-corrected chi connectivity index (χ2v) is 4.65. The predicted molar refractivity (Wildman–Crippen MR) is 77.0 cm³/mol. The average molecular weight is 285 g/mol. The van der Waals surface area contributed by atoms with Crippen LogP contribution in [-0.4, -0.2) is 9.72 Å². The number of nitrogen functional groups attached to an aromatic ring is 1. The van der Waals surface area contributed by atoms with Crippen LogP contribution in [0.25, 0.3) is 22.5 Å². The Labute approximate surface area is 119 Å². The van der Waals surface area contributed by atoms with E-state index in [1.54, 1.807) is 31.4 Å². The molecule has 0 aliphatic rings. The monoisotopic (exact) mass is 285 g/mol. The molecule has 2 aromatic heterocycles. The minimum absolute atomic E-state index is 0.149. The van der Waals surface area contributed by atoms with Crippen LogP contribution >= 0.6 is 0 Å². The zero-order chi connectivity index (χ0) is 15.0. The molecule has 2 heterocycles. The molecule has 106 valence electrons. The molecule has 0 aliphatic heterocycles. The summed E-state index contributed by atoms with van der Waals surface area (Å²) in [5.41, 5.74) is 7.19. The largest absolute Gasteiger partial charge is 0.380 e. The molecule has 0 radical (unpaired) electrons. The van der Waals surface area contributed by atoms with Crippen LogP contribution in [0.4, 0.5) is 10.2 Å². The minimum Gasteiger partial charge on any atom is -0.380 e. The van der Waals surface area contributed by atoms with E-state index in [0.717, 1.165) is 0 Å². The number of hydrogen-bond donors (Lipinski definition) is 1. The van der Waals surface area contributed by atoms with E-state index < -0.39 is 0 Å². The van der Waals surface area contributed by atoms with Gasteiger partial charge in [-0.3, -0.25) is 4.79 Å². The Morgan fingerprint density at radius 2 is 2.05 bits per heavy atom. The quantitative estimate of drug-likeness (QED) is 0.784. The van der Waals surface area contributed by atoms with Gasteiger partial charge in [0, 0.05) is 24.9 Å². The van der Waals surface area contributed by atoms with Crippen molar-refractivity contribution in [1.29, 1.82) is 0 Å². The number of benzene rings is 1. The topological polar surface area (TPSA) is 74.1 Å². The predicted octanol–water partition coefficient (Wildman–Crippen LogP) is 2.43. The maximum Gasteiger partial charge on any atom is 0.250 e. The summed E-state index contributed by atoms with van der Waals surface area (Å²) in [7, 11) is 1.65. The molecule has 3 aromatic rings. The van der Waals surface area contributed by atoms with Crippen molar-refractivity contribution in [3.8, 4) is 22.5 Å². The molecule has 2 N–H and O–H groups in total. The zero-order valence-electron chi connectivity index (χ0n) is 11.2. The highest BCUT2D eigenvalue weighted by atomic mass is 19.1. The van der Waals surface area contributed by atoms with Crippen molar-refractivity contribution in [2.45, 2.75) is 0 Å². The number of halogens is 1. The first kappa shape index (κ1) is 13.1. The summed E-state index contributed by atoms with van der Waals surface area (Å²) in [6.07, 6.45) is 1.62. The van der Waals surface area contributed by atoms with Crippen LogP contribution in [-0.2, 0) is 7.05 Å². The molecule has 21 heavy (non-hydrogen) atoms. The summed E-state index contributed by atoms with van der Waals surface area (Å²) in [5, 5.41) is 3.72. The van der Waals surface area contributed by atoms with E-state index >= 15 is 0 Å². The highest BCUT2D eigenvalue weighted by Gasteiger charge is 2.18. The third kappa shape index (κ3) is 2.31. The van der Waals surface area contributed by atoms with Crippen molar-refractivity contribution >= 4 is 5.82 Å². The lowest BCUT2D eigenvalue weighted by molar-refractivity contribution is 0.436. The van der Waals surface area contributed by atoms with Gasteiger partial charge in [0.05, 0.1) is 5.56 Å². The SMILES string of the molecule is Cn1ccc(-c2onc(N)c2-c2cccc(F)c2)cc1=O. The molecule has 0 fully saturated rings. The van der Waals surface area contributed by atoms with Crippen LogP contribution < -0.4 is 11.3 Å². The first-order chi connectivity index (χ1) is 10.1. The number of aryl methyl sites for hydroxylation is 1. The Hall–Kier alpha value is -2.89. The van der Waals surface area contributed by atoms with E-state index in [9.17, 15) is 9.18 Å². The highest BCUT2D eigenvalue weighted by Crippen LogP contribution is 2.36. The van der Waals surface area contributed by atoms with E-state index in [1.165, 1.54) is 22.8 Å². The molecular weight excluding hydrogens is 273 g/mol. The van der Waals surface area contributed by atoms with Crippen molar-refractivity contribution in [3.63, 3.8) is 0 Å². The maximum absolute atomic E-state index is 13.4. The van der Waals surface area contributed by atoms with Crippen LogP contribution in [0.2, 0.25) is 0 Å². The number of hydrogen-bond acceptors (Lipinski definition) is 4. The minimum atomic E-state index is -0.386. The molecule has 0 amide bonds. The van der Waals surface area contributed by atoms with Gasteiger partial charge in [0.15, 0.2) is 11.6 Å². The van der Waals surface area contributed by atoms with Gasteiger partial charge in [0.2, 0.25) is 0 Å². The van der Waals surface area contributed by atoms with Crippen LogP contribution in [0.15, 0.2) is 51.9 Å². The van der Waals surface area contributed by atoms with Crippen LogP contribution in [0.1, 0.15) is 0 Å². The fraction of sp³-hybridized carbons (Fsp3) is 0.0667. The van der Waals surface area contributed by atoms with E-state index in [4.69, 9.17) is 10.3 Å². The lowest BCUT2D eigenvalue weighted by atomic mass is 10.0. The first-order valence-electron chi connectivity index (χ1n) is 6.24. The molecule has 1 aromatic carbocycles. The van der Waals surface area contributed by atoms with E-state index in [-0.39, 0.29) is 17.2 Å². The normalized spacial score (nSPS) is 10.8. The van der Waals surface area contributed by atoms with Crippen molar-refractivity contribution < 1.29 is 8.91 Å². The molecule has 5 nitrogen and oxygen atoms in total. The summed E-state index contributed by atoms with van der Waals surface area (Å²) in [6, 6.07) is 9.09.